The fourth-order valence-corrected chi connectivity index (χ4v) is 4.85. The lowest BCUT2D eigenvalue weighted by molar-refractivity contribution is -0.117. The lowest BCUT2D eigenvalue weighted by Gasteiger charge is -2.27. The molecule has 1 N–H and O–H groups in total. The van der Waals surface area contributed by atoms with Gasteiger partial charge in [0.05, 0.1) is 17.9 Å². The summed E-state index contributed by atoms with van der Waals surface area (Å²) in [6, 6.07) is 14.6. The van der Waals surface area contributed by atoms with E-state index in [1.807, 2.05) is 24.3 Å². The average Bonchev–Trinajstić information content (AvgIpc) is 3.46. The van der Waals surface area contributed by atoms with Crippen molar-refractivity contribution in [1.82, 2.24) is 4.90 Å². The van der Waals surface area contributed by atoms with Gasteiger partial charge in [0, 0.05) is 19.1 Å². The number of amides is 1. The summed E-state index contributed by atoms with van der Waals surface area (Å²) < 4.78 is 11.4. The smallest absolute Gasteiger partial charge is 0.238 e. The van der Waals surface area contributed by atoms with Crippen molar-refractivity contribution < 1.29 is 14.3 Å². The molecule has 6 nitrogen and oxygen atoms in total. The van der Waals surface area contributed by atoms with Gasteiger partial charge in [-0.2, -0.15) is 0 Å². The Hall–Kier alpha value is -2.73. The molecule has 2 fully saturated rings. The third-order valence-electron chi connectivity index (χ3n) is 6.29. The summed E-state index contributed by atoms with van der Waals surface area (Å²) in [5.74, 6) is 1.67. The number of nitrogens with one attached hydrogen (secondary N) is 1. The molecule has 0 aromatic heterocycles. The van der Waals surface area contributed by atoms with E-state index >= 15 is 0 Å². The molecular formula is C24H29N3O3. The van der Waals surface area contributed by atoms with Crippen LogP contribution in [0.25, 0.3) is 0 Å². The zero-order chi connectivity index (χ0) is 20.3. The Morgan fingerprint density at radius 3 is 2.63 bits per heavy atom. The van der Waals surface area contributed by atoms with Crippen LogP contribution in [-0.2, 0) is 4.79 Å². The number of fused-ring (bicyclic) bond motifs is 1. The quantitative estimate of drug-likeness (QED) is 0.816. The van der Waals surface area contributed by atoms with E-state index in [0.717, 1.165) is 55.3 Å². The van der Waals surface area contributed by atoms with Crippen LogP contribution in [0.4, 0.5) is 11.4 Å². The fraction of sp³-hybridized carbons (Fsp3) is 0.458. The van der Waals surface area contributed by atoms with E-state index in [4.69, 9.17) is 9.47 Å². The van der Waals surface area contributed by atoms with Crippen LogP contribution in [0.3, 0.4) is 0 Å². The van der Waals surface area contributed by atoms with Gasteiger partial charge in [-0.05, 0) is 62.1 Å². The summed E-state index contributed by atoms with van der Waals surface area (Å²) in [6.45, 7) is 4.63. The molecule has 2 aromatic carbocycles. The van der Waals surface area contributed by atoms with Crippen LogP contribution >= 0.6 is 0 Å². The molecule has 2 aromatic rings. The Morgan fingerprint density at radius 1 is 0.967 bits per heavy atom. The molecule has 6 heteroatoms. The third kappa shape index (κ3) is 3.97. The number of benzene rings is 2. The molecule has 0 bridgehead atoms. The van der Waals surface area contributed by atoms with E-state index in [2.05, 4.69) is 33.3 Å². The Kier molecular flexibility index (Phi) is 5.49. The van der Waals surface area contributed by atoms with Crippen LogP contribution in [0.1, 0.15) is 37.3 Å². The van der Waals surface area contributed by atoms with Gasteiger partial charge in [0.25, 0.3) is 0 Å². The first-order chi connectivity index (χ1) is 14.8. The van der Waals surface area contributed by atoms with Crippen molar-refractivity contribution in [2.75, 3.05) is 49.6 Å². The standard InChI is InChI=1S/C24H29N3O3/c28-24(25-19-6-1-2-7-21(19)26-11-3-4-12-26)17-27-13-5-8-20(27)18-9-10-22-23(16-18)30-15-14-29-22/h1-2,6-7,9-10,16,20H,3-5,8,11-15,17H2,(H,25,28). The van der Waals surface area contributed by atoms with Crippen molar-refractivity contribution in [3.05, 3.63) is 48.0 Å². The second-order valence-corrected chi connectivity index (χ2v) is 8.29. The number of hydrogen-bond acceptors (Lipinski definition) is 5. The Morgan fingerprint density at radius 2 is 1.77 bits per heavy atom. The first-order valence-corrected chi connectivity index (χ1v) is 11.1. The minimum atomic E-state index is 0.0473. The van der Waals surface area contributed by atoms with Gasteiger partial charge in [0.2, 0.25) is 5.91 Å². The first kappa shape index (κ1) is 19.2. The van der Waals surface area contributed by atoms with E-state index in [9.17, 15) is 4.79 Å². The largest absolute Gasteiger partial charge is 0.486 e. The molecule has 30 heavy (non-hydrogen) atoms. The summed E-state index contributed by atoms with van der Waals surface area (Å²) in [5.41, 5.74) is 3.25. The number of ether oxygens (including phenoxy) is 2. The maximum absolute atomic E-state index is 12.9. The Balaban J connectivity index is 1.27. The van der Waals surface area contributed by atoms with Crippen molar-refractivity contribution in [2.24, 2.45) is 0 Å². The van der Waals surface area contributed by atoms with E-state index in [1.54, 1.807) is 0 Å². The second-order valence-electron chi connectivity index (χ2n) is 8.29. The molecule has 3 aliphatic heterocycles. The molecule has 1 atom stereocenters. The Labute approximate surface area is 177 Å². The lowest BCUT2D eigenvalue weighted by atomic mass is 10.0. The highest BCUT2D eigenvalue weighted by Crippen LogP contribution is 2.38. The van der Waals surface area contributed by atoms with E-state index < -0.39 is 0 Å². The van der Waals surface area contributed by atoms with Crippen molar-refractivity contribution in [3.8, 4) is 11.5 Å². The summed E-state index contributed by atoms with van der Waals surface area (Å²) in [6.07, 6.45) is 4.58. The lowest BCUT2D eigenvalue weighted by Crippen LogP contribution is -2.33. The van der Waals surface area contributed by atoms with Gasteiger partial charge in [-0.25, -0.2) is 0 Å². The summed E-state index contributed by atoms with van der Waals surface area (Å²) in [4.78, 5) is 17.6. The molecule has 3 aliphatic rings. The SMILES string of the molecule is O=C(CN1CCCC1c1ccc2c(c1)OCCO2)Nc1ccccc1N1CCCC1. The summed E-state index contributed by atoms with van der Waals surface area (Å²) in [5, 5.41) is 3.17. The minimum absolute atomic E-state index is 0.0473. The normalized spacial score (nSPS) is 21.1. The molecule has 1 amide bonds. The molecule has 1 unspecified atom stereocenters. The number of nitrogens with zero attached hydrogens (tertiary/aromatic N) is 2. The van der Waals surface area contributed by atoms with Gasteiger partial charge < -0.3 is 19.7 Å². The van der Waals surface area contributed by atoms with Crippen molar-refractivity contribution in [2.45, 2.75) is 31.7 Å². The van der Waals surface area contributed by atoms with Crippen molar-refractivity contribution in [3.63, 3.8) is 0 Å². The molecule has 0 aliphatic carbocycles. The maximum atomic E-state index is 12.9. The monoisotopic (exact) mass is 407 g/mol. The highest BCUT2D eigenvalue weighted by molar-refractivity contribution is 5.95. The number of para-hydroxylation sites is 2. The number of rotatable bonds is 5. The minimum Gasteiger partial charge on any atom is -0.486 e. The van der Waals surface area contributed by atoms with Gasteiger partial charge in [-0.1, -0.05) is 18.2 Å². The molecule has 5 rings (SSSR count). The number of carbonyl (C=O) groups is 1. The van der Waals surface area contributed by atoms with Gasteiger partial charge in [0.15, 0.2) is 11.5 Å². The first-order valence-electron chi connectivity index (χ1n) is 11.1. The van der Waals surface area contributed by atoms with Crippen LogP contribution < -0.4 is 19.7 Å². The average molecular weight is 408 g/mol. The fourth-order valence-electron chi connectivity index (χ4n) is 4.85. The van der Waals surface area contributed by atoms with E-state index in [1.165, 1.54) is 18.4 Å². The van der Waals surface area contributed by atoms with Crippen molar-refractivity contribution >= 4 is 17.3 Å². The third-order valence-corrected chi connectivity index (χ3v) is 6.29. The molecule has 2 saturated heterocycles. The maximum Gasteiger partial charge on any atom is 0.238 e. The molecule has 0 spiro atoms. The molecule has 158 valence electrons. The van der Waals surface area contributed by atoms with Crippen LogP contribution in [0, 0.1) is 0 Å². The van der Waals surface area contributed by atoms with Gasteiger partial charge >= 0.3 is 0 Å². The number of hydrogen-bond donors (Lipinski definition) is 1. The molecule has 3 heterocycles. The highest BCUT2D eigenvalue weighted by atomic mass is 16.6. The van der Waals surface area contributed by atoms with Gasteiger partial charge in [0.1, 0.15) is 13.2 Å². The molecule has 0 saturated carbocycles. The number of carbonyl (C=O) groups excluding carboxylic acids is 1. The van der Waals surface area contributed by atoms with Crippen LogP contribution in [0.5, 0.6) is 11.5 Å². The summed E-state index contributed by atoms with van der Waals surface area (Å²) >= 11 is 0. The Bertz CT molecular complexity index is 910. The van der Waals surface area contributed by atoms with E-state index in [0.29, 0.717) is 19.8 Å². The van der Waals surface area contributed by atoms with Crippen molar-refractivity contribution in [1.29, 1.82) is 0 Å². The predicted octanol–water partition coefficient (Wildman–Crippen LogP) is 3.83. The summed E-state index contributed by atoms with van der Waals surface area (Å²) in [7, 11) is 0. The second kappa shape index (κ2) is 8.56. The number of anilines is 2. The highest BCUT2D eigenvalue weighted by Gasteiger charge is 2.29. The number of likely N-dealkylation sites (tertiary alicyclic amines) is 1. The van der Waals surface area contributed by atoms with Gasteiger partial charge in [-0.3, -0.25) is 9.69 Å². The van der Waals surface area contributed by atoms with Crippen LogP contribution in [0.2, 0.25) is 0 Å². The molecular weight excluding hydrogens is 378 g/mol. The molecule has 0 radical (unpaired) electrons. The zero-order valence-corrected chi connectivity index (χ0v) is 17.3. The predicted molar refractivity (Wildman–Crippen MR) is 117 cm³/mol. The van der Waals surface area contributed by atoms with Crippen LogP contribution in [-0.4, -0.2) is 50.2 Å². The van der Waals surface area contributed by atoms with Gasteiger partial charge in [-0.15, -0.1) is 0 Å². The topological polar surface area (TPSA) is 54.0 Å². The van der Waals surface area contributed by atoms with E-state index in [-0.39, 0.29) is 11.9 Å². The zero-order valence-electron chi connectivity index (χ0n) is 17.3. The van der Waals surface area contributed by atoms with Crippen LogP contribution in [0.15, 0.2) is 42.5 Å².